The lowest BCUT2D eigenvalue weighted by atomic mass is 9.90. The Morgan fingerprint density at radius 2 is 1.88 bits per heavy atom. The molecule has 3 heterocycles. The number of hydrogen-bond acceptors (Lipinski definition) is 2. The zero-order chi connectivity index (χ0) is 17.3. The highest BCUT2D eigenvalue weighted by Gasteiger charge is 2.35. The molecule has 5 rings (SSSR count). The van der Waals surface area contributed by atoms with Crippen molar-refractivity contribution in [2.75, 3.05) is 0 Å². The monoisotopic (exact) mass is 330 g/mol. The fourth-order valence-corrected chi connectivity index (χ4v) is 4.18. The molecule has 25 heavy (non-hydrogen) atoms. The van der Waals surface area contributed by atoms with Crippen molar-refractivity contribution in [3.8, 4) is 22.8 Å². The first-order valence-electron chi connectivity index (χ1n) is 8.71. The van der Waals surface area contributed by atoms with Gasteiger partial charge in [0.2, 0.25) is 5.75 Å². The van der Waals surface area contributed by atoms with Gasteiger partial charge in [-0.3, -0.25) is 0 Å². The Morgan fingerprint density at radius 1 is 1.04 bits per heavy atom. The summed E-state index contributed by atoms with van der Waals surface area (Å²) in [5.74, 6) is 2.23. The van der Waals surface area contributed by atoms with Crippen LogP contribution in [0, 0.1) is 6.92 Å². The molecule has 2 aromatic heterocycles. The van der Waals surface area contributed by atoms with Crippen LogP contribution in [0.4, 0.5) is 0 Å². The number of benzene rings is 2. The van der Waals surface area contributed by atoms with Crippen LogP contribution in [0.15, 0.2) is 47.1 Å². The van der Waals surface area contributed by atoms with Crippen LogP contribution in [0.25, 0.3) is 33.1 Å². The first-order chi connectivity index (χ1) is 12.1. The molecule has 1 aliphatic heterocycles. The van der Waals surface area contributed by atoms with Gasteiger partial charge in [0.1, 0.15) is 12.8 Å². The molecule has 0 bridgehead atoms. The predicted octanol–water partition coefficient (Wildman–Crippen LogP) is 5.62. The Morgan fingerprint density at radius 3 is 2.68 bits per heavy atom. The predicted molar refractivity (Wildman–Crippen MR) is 99.2 cm³/mol. The second-order valence-electron chi connectivity index (χ2n) is 7.16. The standard InChI is InChI=1S/C22H20NO2/c1-12(2)17-15-10-11-24-22(15)23(4)20-18-13(3)8-9-14-6-5-7-16(19(14)18)25-21(17)20/h5-12H,1-4H3/q+1. The van der Waals surface area contributed by atoms with E-state index in [-0.39, 0.29) is 0 Å². The lowest BCUT2D eigenvalue weighted by molar-refractivity contribution is -0.640. The molecule has 0 saturated heterocycles. The molecule has 0 radical (unpaired) electrons. The van der Waals surface area contributed by atoms with Gasteiger partial charge in [0.15, 0.2) is 0 Å². The molecule has 1 aliphatic rings. The van der Waals surface area contributed by atoms with E-state index in [2.05, 4.69) is 62.7 Å². The normalized spacial score (nSPS) is 12.7. The number of rotatable bonds is 1. The highest BCUT2D eigenvalue weighted by atomic mass is 16.5. The van der Waals surface area contributed by atoms with E-state index in [9.17, 15) is 0 Å². The van der Waals surface area contributed by atoms with E-state index in [4.69, 9.17) is 9.15 Å². The molecule has 0 N–H and O–H groups in total. The third-order valence-electron chi connectivity index (χ3n) is 5.28. The molecular formula is C22H20NO2+. The van der Waals surface area contributed by atoms with Gasteiger partial charge in [-0.25, -0.2) is 0 Å². The Bertz CT molecular complexity index is 1170. The van der Waals surface area contributed by atoms with Crippen molar-refractivity contribution < 1.29 is 13.7 Å². The van der Waals surface area contributed by atoms with Crippen molar-refractivity contribution in [3.63, 3.8) is 0 Å². The molecule has 0 fully saturated rings. The third-order valence-corrected chi connectivity index (χ3v) is 5.28. The van der Waals surface area contributed by atoms with Gasteiger partial charge in [0.25, 0.3) is 5.69 Å². The minimum absolute atomic E-state index is 0.333. The van der Waals surface area contributed by atoms with Gasteiger partial charge in [0, 0.05) is 10.9 Å². The Hall–Kier alpha value is -2.81. The van der Waals surface area contributed by atoms with Crippen molar-refractivity contribution in [1.29, 1.82) is 0 Å². The summed E-state index contributed by atoms with van der Waals surface area (Å²) in [6.45, 7) is 6.58. The first-order valence-corrected chi connectivity index (χ1v) is 8.71. The lowest BCUT2D eigenvalue weighted by Gasteiger charge is -2.23. The minimum Gasteiger partial charge on any atom is -0.449 e. The molecule has 0 saturated carbocycles. The maximum Gasteiger partial charge on any atom is 0.381 e. The Balaban J connectivity index is 2.05. The van der Waals surface area contributed by atoms with Gasteiger partial charge in [-0.15, -0.1) is 0 Å². The fraction of sp³-hybridized carbons (Fsp3) is 0.227. The summed E-state index contributed by atoms with van der Waals surface area (Å²) in [6.07, 6.45) is 1.77. The molecule has 3 heteroatoms. The van der Waals surface area contributed by atoms with E-state index in [0.29, 0.717) is 5.92 Å². The second kappa shape index (κ2) is 4.85. The van der Waals surface area contributed by atoms with Gasteiger partial charge in [0.05, 0.1) is 17.2 Å². The molecule has 0 aliphatic carbocycles. The first kappa shape index (κ1) is 14.5. The van der Waals surface area contributed by atoms with Gasteiger partial charge >= 0.3 is 5.71 Å². The van der Waals surface area contributed by atoms with Crippen LogP contribution >= 0.6 is 0 Å². The van der Waals surface area contributed by atoms with Crippen LogP contribution in [0.1, 0.15) is 30.9 Å². The topological polar surface area (TPSA) is 26.2 Å². The summed E-state index contributed by atoms with van der Waals surface area (Å²) in [7, 11) is 2.06. The summed E-state index contributed by atoms with van der Waals surface area (Å²) >= 11 is 0. The molecule has 2 aromatic carbocycles. The van der Waals surface area contributed by atoms with Gasteiger partial charge in [-0.1, -0.05) is 38.1 Å². The highest BCUT2D eigenvalue weighted by Crippen LogP contribution is 2.50. The second-order valence-corrected chi connectivity index (χ2v) is 7.16. The van der Waals surface area contributed by atoms with Gasteiger partial charge in [-0.2, -0.15) is 4.57 Å². The number of nitrogens with zero attached hydrogens (tertiary/aromatic N) is 1. The summed E-state index contributed by atoms with van der Waals surface area (Å²) in [5.41, 5.74) is 5.70. The summed E-state index contributed by atoms with van der Waals surface area (Å²) in [5, 5.41) is 3.51. The fourth-order valence-electron chi connectivity index (χ4n) is 4.18. The SMILES string of the molecule is Cc1ccc2cccc3c2c1-c1c(c(C(C)C)c2ccoc2[n+]1C)O3. The molecule has 0 atom stereocenters. The Labute approximate surface area is 146 Å². The number of hydrogen-bond donors (Lipinski definition) is 0. The largest absolute Gasteiger partial charge is 0.449 e. The number of fused-ring (bicyclic) bond motifs is 3. The van der Waals surface area contributed by atoms with Crippen molar-refractivity contribution in [3.05, 3.63) is 53.8 Å². The van der Waals surface area contributed by atoms with Crippen molar-refractivity contribution in [2.24, 2.45) is 7.05 Å². The maximum atomic E-state index is 6.49. The molecular weight excluding hydrogens is 310 g/mol. The average Bonchev–Trinajstić information content (AvgIpc) is 3.07. The van der Waals surface area contributed by atoms with Crippen molar-refractivity contribution in [1.82, 2.24) is 0 Å². The minimum atomic E-state index is 0.333. The number of pyridine rings is 1. The lowest BCUT2D eigenvalue weighted by Crippen LogP contribution is -2.34. The number of ether oxygens (including phenoxy) is 1. The zero-order valence-corrected chi connectivity index (χ0v) is 14.9. The van der Waals surface area contributed by atoms with Gasteiger partial charge in [-0.05, 0) is 35.9 Å². The average molecular weight is 330 g/mol. The third kappa shape index (κ3) is 1.78. The van der Waals surface area contributed by atoms with Crippen LogP contribution in [0.5, 0.6) is 11.5 Å². The molecule has 0 amide bonds. The van der Waals surface area contributed by atoms with Crippen LogP contribution in [0.3, 0.4) is 0 Å². The van der Waals surface area contributed by atoms with E-state index in [1.807, 2.05) is 6.07 Å². The van der Waals surface area contributed by atoms with Crippen molar-refractivity contribution in [2.45, 2.75) is 26.7 Å². The van der Waals surface area contributed by atoms with Crippen LogP contribution in [-0.2, 0) is 7.05 Å². The highest BCUT2D eigenvalue weighted by molar-refractivity contribution is 6.05. The van der Waals surface area contributed by atoms with Crippen molar-refractivity contribution >= 4 is 21.9 Å². The molecule has 124 valence electrons. The van der Waals surface area contributed by atoms with E-state index in [0.717, 1.165) is 28.3 Å². The number of furan rings is 1. The quantitative estimate of drug-likeness (QED) is 0.373. The summed E-state index contributed by atoms with van der Waals surface area (Å²) in [4.78, 5) is 0. The summed E-state index contributed by atoms with van der Waals surface area (Å²) in [6, 6.07) is 12.7. The summed E-state index contributed by atoms with van der Waals surface area (Å²) < 4.78 is 14.5. The van der Waals surface area contributed by atoms with E-state index >= 15 is 0 Å². The van der Waals surface area contributed by atoms with Crippen LogP contribution < -0.4 is 9.30 Å². The molecule has 3 nitrogen and oxygen atoms in total. The van der Waals surface area contributed by atoms with E-state index < -0.39 is 0 Å². The maximum absolute atomic E-state index is 6.49. The van der Waals surface area contributed by atoms with E-state index in [1.165, 1.54) is 27.5 Å². The molecule has 0 spiro atoms. The van der Waals surface area contributed by atoms with Crippen LogP contribution in [-0.4, -0.2) is 0 Å². The zero-order valence-electron chi connectivity index (χ0n) is 14.9. The number of aromatic nitrogens is 1. The smallest absolute Gasteiger partial charge is 0.381 e. The molecule has 4 aromatic rings. The van der Waals surface area contributed by atoms with Gasteiger partial charge < -0.3 is 9.15 Å². The number of aryl methyl sites for hydroxylation is 2. The molecule has 0 unspecified atom stereocenters. The van der Waals surface area contributed by atoms with Crippen LogP contribution in [0.2, 0.25) is 0 Å². The Kier molecular flexibility index (Phi) is 2.82. The van der Waals surface area contributed by atoms with E-state index in [1.54, 1.807) is 6.26 Å².